The number of fused-ring (bicyclic) bond motifs is 1. The van der Waals surface area contributed by atoms with E-state index >= 15 is 0 Å². The Morgan fingerprint density at radius 1 is 1.29 bits per heavy atom. The minimum Gasteiger partial charge on any atom is -0.338 e. The number of nitrogens with zero attached hydrogens (tertiary/aromatic N) is 3. The Kier molecular flexibility index (Phi) is 4.76. The van der Waals surface area contributed by atoms with E-state index in [0.717, 1.165) is 36.8 Å². The molecule has 2 N–H and O–H groups in total. The molecule has 1 aromatic carbocycles. The second-order valence-corrected chi connectivity index (χ2v) is 6.74. The van der Waals surface area contributed by atoms with Gasteiger partial charge >= 0.3 is 5.69 Å². The predicted molar refractivity (Wildman–Crippen MR) is 94.8 cm³/mol. The summed E-state index contributed by atoms with van der Waals surface area (Å²) in [6, 6.07) is 7.78. The fourth-order valence-corrected chi connectivity index (χ4v) is 3.74. The maximum Gasteiger partial charge on any atom is 0.328 e. The van der Waals surface area contributed by atoms with E-state index in [1.54, 1.807) is 16.2 Å². The summed E-state index contributed by atoms with van der Waals surface area (Å²) in [5.74, 6) is 0.0943. The van der Waals surface area contributed by atoms with Crippen LogP contribution >= 0.6 is 0 Å². The summed E-state index contributed by atoms with van der Waals surface area (Å²) in [7, 11) is 1.76. The van der Waals surface area contributed by atoms with Crippen LogP contribution in [0.3, 0.4) is 0 Å². The van der Waals surface area contributed by atoms with Crippen molar-refractivity contribution in [1.82, 2.24) is 14.0 Å². The van der Waals surface area contributed by atoms with E-state index < -0.39 is 0 Å². The Bertz CT molecular complexity index is 790. The van der Waals surface area contributed by atoms with Gasteiger partial charge in [0.05, 0.1) is 11.0 Å². The highest BCUT2D eigenvalue weighted by molar-refractivity contribution is 5.78. The molecular weight excluding hydrogens is 304 g/mol. The van der Waals surface area contributed by atoms with Crippen LogP contribution in [-0.4, -0.2) is 38.6 Å². The van der Waals surface area contributed by atoms with Crippen LogP contribution in [0.1, 0.15) is 32.6 Å². The van der Waals surface area contributed by atoms with Crippen LogP contribution in [0.2, 0.25) is 0 Å². The number of hydrogen-bond donors (Lipinski definition) is 1. The Hall–Kier alpha value is -2.08. The predicted octanol–water partition coefficient (Wildman–Crippen LogP) is 1.46. The lowest BCUT2D eigenvalue weighted by Crippen LogP contribution is -2.51. The SMILES string of the molecule is C[C@@H](N)[C@H]1CCCCN1C(=O)CCn1c(=O)n(C)c2ccccc21. The molecule has 0 spiro atoms. The van der Waals surface area contributed by atoms with Crippen molar-refractivity contribution in [3.8, 4) is 0 Å². The van der Waals surface area contributed by atoms with Crippen LogP contribution in [0.5, 0.6) is 0 Å². The highest BCUT2D eigenvalue weighted by atomic mass is 16.2. The summed E-state index contributed by atoms with van der Waals surface area (Å²) in [6.45, 7) is 3.14. The first-order valence-corrected chi connectivity index (χ1v) is 8.70. The van der Waals surface area contributed by atoms with E-state index in [4.69, 9.17) is 5.73 Å². The van der Waals surface area contributed by atoms with E-state index in [-0.39, 0.29) is 23.7 Å². The van der Waals surface area contributed by atoms with E-state index in [1.807, 2.05) is 36.1 Å². The zero-order valence-corrected chi connectivity index (χ0v) is 14.4. The Balaban J connectivity index is 1.77. The van der Waals surface area contributed by atoms with Gasteiger partial charge in [0.1, 0.15) is 0 Å². The van der Waals surface area contributed by atoms with Crippen LogP contribution in [0.25, 0.3) is 11.0 Å². The monoisotopic (exact) mass is 330 g/mol. The number of aryl methyl sites for hydroxylation is 2. The number of piperidine rings is 1. The minimum absolute atomic E-state index is 0.0190. The van der Waals surface area contributed by atoms with Gasteiger partial charge in [-0.1, -0.05) is 12.1 Å². The van der Waals surface area contributed by atoms with Crippen molar-refractivity contribution in [2.75, 3.05) is 6.54 Å². The Morgan fingerprint density at radius 2 is 2.00 bits per heavy atom. The molecule has 0 unspecified atom stereocenters. The third-order valence-corrected chi connectivity index (χ3v) is 5.08. The number of imidazole rings is 1. The summed E-state index contributed by atoms with van der Waals surface area (Å²) in [5.41, 5.74) is 7.74. The van der Waals surface area contributed by atoms with E-state index in [2.05, 4.69) is 0 Å². The Labute approximate surface area is 141 Å². The second kappa shape index (κ2) is 6.81. The van der Waals surface area contributed by atoms with Gasteiger partial charge in [0.2, 0.25) is 5.91 Å². The zero-order valence-electron chi connectivity index (χ0n) is 14.4. The van der Waals surface area contributed by atoms with Gasteiger partial charge < -0.3 is 10.6 Å². The Morgan fingerprint density at radius 3 is 2.71 bits per heavy atom. The molecule has 6 nitrogen and oxygen atoms in total. The van der Waals surface area contributed by atoms with Gasteiger partial charge in [-0.2, -0.15) is 0 Å². The van der Waals surface area contributed by atoms with Gasteiger partial charge in [0, 0.05) is 38.6 Å². The van der Waals surface area contributed by atoms with Crippen LogP contribution in [0.4, 0.5) is 0 Å². The molecule has 3 rings (SSSR count). The van der Waals surface area contributed by atoms with Gasteiger partial charge in [0.25, 0.3) is 0 Å². The largest absolute Gasteiger partial charge is 0.338 e. The average Bonchev–Trinajstić information content (AvgIpc) is 2.84. The van der Waals surface area contributed by atoms with E-state index in [1.165, 1.54) is 0 Å². The first-order valence-electron chi connectivity index (χ1n) is 8.70. The number of benzene rings is 1. The van der Waals surface area contributed by atoms with E-state index in [9.17, 15) is 9.59 Å². The number of likely N-dealkylation sites (tertiary alicyclic amines) is 1. The molecule has 0 radical (unpaired) electrons. The molecule has 2 heterocycles. The van der Waals surface area contributed by atoms with Crippen molar-refractivity contribution >= 4 is 16.9 Å². The molecule has 1 aromatic heterocycles. The molecule has 1 aliphatic rings. The topological polar surface area (TPSA) is 73.3 Å². The molecule has 2 atom stereocenters. The van der Waals surface area contributed by atoms with Crippen LogP contribution in [0.15, 0.2) is 29.1 Å². The normalized spacial score (nSPS) is 19.6. The minimum atomic E-state index is -0.0774. The van der Waals surface area contributed by atoms with Gasteiger partial charge in [0.15, 0.2) is 0 Å². The van der Waals surface area contributed by atoms with Crippen LogP contribution in [-0.2, 0) is 18.4 Å². The quantitative estimate of drug-likeness (QED) is 0.922. The summed E-state index contributed by atoms with van der Waals surface area (Å²) >= 11 is 0. The zero-order chi connectivity index (χ0) is 17.3. The van der Waals surface area contributed by atoms with Crippen molar-refractivity contribution < 1.29 is 4.79 Å². The number of carbonyl (C=O) groups excluding carboxylic acids is 1. The number of nitrogens with two attached hydrogens (primary N) is 1. The van der Waals surface area contributed by atoms with Crippen molar-refractivity contribution in [3.05, 3.63) is 34.7 Å². The third-order valence-electron chi connectivity index (χ3n) is 5.08. The van der Waals surface area contributed by atoms with Crippen molar-refractivity contribution in [2.24, 2.45) is 12.8 Å². The number of rotatable bonds is 4. The molecule has 130 valence electrons. The van der Waals surface area contributed by atoms with Crippen molar-refractivity contribution in [2.45, 2.75) is 51.2 Å². The fourth-order valence-electron chi connectivity index (χ4n) is 3.74. The van der Waals surface area contributed by atoms with E-state index in [0.29, 0.717) is 13.0 Å². The van der Waals surface area contributed by atoms with Crippen LogP contribution < -0.4 is 11.4 Å². The molecule has 2 aromatic rings. The van der Waals surface area contributed by atoms with Gasteiger partial charge in [-0.15, -0.1) is 0 Å². The molecule has 6 heteroatoms. The average molecular weight is 330 g/mol. The highest BCUT2D eigenvalue weighted by Gasteiger charge is 2.29. The van der Waals surface area contributed by atoms with Crippen molar-refractivity contribution in [3.63, 3.8) is 0 Å². The summed E-state index contributed by atoms with van der Waals surface area (Å²) in [6.07, 6.45) is 3.46. The lowest BCUT2D eigenvalue weighted by atomic mass is 9.96. The lowest BCUT2D eigenvalue weighted by molar-refractivity contribution is -0.135. The summed E-state index contributed by atoms with van der Waals surface area (Å²) in [5, 5.41) is 0. The smallest absolute Gasteiger partial charge is 0.328 e. The third kappa shape index (κ3) is 2.98. The summed E-state index contributed by atoms with van der Waals surface area (Å²) < 4.78 is 3.32. The number of hydrogen-bond acceptors (Lipinski definition) is 3. The summed E-state index contributed by atoms with van der Waals surface area (Å²) in [4.78, 5) is 27.0. The number of carbonyl (C=O) groups is 1. The van der Waals surface area contributed by atoms with Crippen molar-refractivity contribution in [1.29, 1.82) is 0 Å². The van der Waals surface area contributed by atoms with Gasteiger partial charge in [-0.05, 0) is 38.3 Å². The standard InChI is InChI=1S/C18H26N4O2/c1-13(19)14-7-5-6-11-21(14)17(23)10-12-22-16-9-4-3-8-15(16)20(2)18(22)24/h3-4,8-9,13-14H,5-7,10-12,19H2,1-2H3/t13-,14-/m1/s1. The lowest BCUT2D eigenvalue weighted by Gasteiger charge is -2.38. The molecule has 1 amide bonds. The number of amides is 1. The van der Waals surface area contributed by atoms with Crippen LogP contribution in [0, 0.1) is 0 Å². The molecule has 0 saturated carbocycles. The second-order valence-electron chi connectivity index (χ2n) is 6.74. The molecule has 24 heavy (non-hydrogen) atoms. The maximum absolute atomic E-state index is 12.7. The molecule has 0 bridgehead atoms. The fraction of sp³-hybridized carbons (Fsp3) is 0.556. The number of para-hydroxylation sites is 2. The molecule has 0 aliphatic carbocycles. The molecule has 1 fully saturated rings. The maximum atomic E-state index is 12.7. The molecular formula is C18H26N4O2. The molecule has 1 saturated heterocycles. The van der Waals surface area contributed by atoms with Gasteiger partial charge in [-0.25, -0.2) is 4.79 Å². The number of aromatic nitrogens is 2. The molecule has 1 aliphatic heterocycles. The first-order chi connectivity index (χ1) is 11.5. The van der Waals surface area contributed by atoms with Gasteiger partial charge in [-0.3, -0.25) is 13.9 Å². The first kappa shape index (κ1) is 16.8. The highest BCUT2D eigenvalue weighted by Crippen LogP contribution is 2.20.